The Bertz CT molecular complexity index is 345. The Morgan fingerprint density at radius 2 is 1.83 bits per heavy atom. The van der Waals surface area contributed by atoms with Crippen LogP contribution in [0, 0.1) is 5.92 Å². The number of carbonyl (C=O) groups excluding carboxylic acids is 1. The van der Waals surface area contributed by atoms with E-state index in [0.717, 1.165) is 25.7 Å². The summed E-state index contributed by atoms with van der Waals surface area (Å²) in [5.74, 6) is 0.552. The minimum absolute atomic E-state index is 0.174. The molecule has 0 saturated heterocycles. The summed E-state index contributed by atoms with van der Waals surface area (Å²) in [6.45, 7) is 4.05. The molecule has 1 rings (SSSR count). The third-order valence-corrected chi connectivity index (χ3v) is 3.35. The van der Waals surface area contributed by atoms with Crippen LogP contribution in [0.3, 0.4) is 0 Å². The van der Waals surface area contributed by atoms with E-state index >= 15 is 0 Å². The van der Waals surface area contributed by atoms with Gasteiger partial charge >= 0.3 is 0 Å². The van der Waals surface area contributed by atoms with Gasteiger partial charge in [-0.3, -0.25) is 4.79 Å². The summed E-state index contributed by atoms with van der Waals surface area (Å²) >= 11 is 0. The first-order valence-corrected chi connectivity index (χ1v) is 6.92. The lowest BCUT2D eigenvalue weighted by Gasteiger charge is -2.11. The summed E-state index contributed by atoms with van der Waals surface area (Å²) in [7, 11) is 0. The highest BCUT2D eigenvalue weighted by molar-refractivity contribution is 5.80. The van der Waals surface area contributed by atoms with E-state index in [1.165, 1.54) is 5.56 Å². The highest BCUT2D eigenvalue weighted by Gasteiger charge is 2.12. The molecule has 0 aliphatic carbocycles. The van der Waals surface area contributed by atoms with Crippen LogP contribution >= 0.6 is 0 Å². The molecule has 0 aromatic heterocycles. The van der Waals surface area contributed by atoms with Gasteiger partial charge in [0.15, 0.2) is 0 Å². The second kappa shape index (κ2) is 8.04. The Kier molecular flexibility index (Phi) is 6.66. The zero-order valence-corrected chi connectivity index (χ0v) is 11.6. The van der Waals surface area contributed by atoms with E-state index in [0.29, 0.717) is 12.2 Å². The first kappa shape index (κ1) is 14.9. The normalized spacial score (nSPS) is 14.2. The van der Waals surface area contributed by atoms with Gasteiger partial charge in [0.05, 0.1) is 0 Å². The van der Waals surface area contributed by atoms with Crippen LogP contribution in [0.5, 0.6) is 0 Å². The quantitative estimate of drug-likeness (QED) is 0.765. The Balaban J connectivity index is 2.23. The highest BCUT2D eigenvalue weighted by atomic mass is 16.1. The molecule has 2 nitrogen and oxygen atoms in total. The van der Waals surface area contributed by atoms with Crippen molar-refractivity contribution in [3.63, 3.8) is 0 Å². The maximum absolute atomic E-state index is 12.0. The van der Waals surface area contributed by atoms with Gasteiger partial charge in [0, 0.05) is 18.4 Å². The van der Waals surface area contributed by atoms with Crippen molar-refractivity contribution in [3.05, 3.63) is 35.9 Å². The van der Waals surface area contributed by atoms with Crippen molar-refractivity contribution >= 4 is 5.78 Å². The van der Waals surface area contributed by atoms with Gasteiger partial charge in [0.1, 0.15) is 5.78 Å². The number of hydrogen-bond acceptors (Lipinski definition) is 2. The van der Waals surface area contributed by atoms with Gasteiger partial charge < -0.3 is 5.73 Å². The summed E-state index contributed by atoms with van der Waals surface area (Å²) in [4.78, 5) is 12.0. The first-order chi connectivity index (χ1) is 8.59. The fraction of sp³-hybridized carbons (Fsp3) is 0.562. The maximum Gasteiger partial charge on any atom is 0.136 e. The molecule has 0 amide bonds. The average molecular weight is 247 g/mol. The largest absolute Gasteiger partial charge is 0.328 e. The van der Waals surface area contributed by atoms with Crippen LogP contribution in [0.1, 0.15) is 45.1 Å². The van der Waals surface area contributed by atoms with Gasteiger partial charge in [0.25, 0.3) is 0 Å². The number of Topliss-reactive ketones (excluding diaryl/α,β-unsaturated/α-hetero) is 1. The van der Waals surface area contributed by atoms with Crippen molar-refractivity contribution in [2.75, 3.05) is 0 Å². The predicted octanol–water partition coefficient (Wildman–Crippen LogP) is 3.34. The Labute approximate surface area is 111 Å². The first-order valence-electron chi connectivity index (χ1n) is 6.92. The standard InChI is InChI=1S/C16H25NO/c1-13(7-6-8-14(2)17)16(18)12-11-15-9-4-3-5-10-15/h3-5,9-10,13-14H,6-8,11-12,17H2,1-2H3. The smallest absolute Gasteiger partial charge is 0.136 e. The molecule has 1 aromatic rings. The molecule has 0 aliphatic rings. The number of ketones is 1. The van der Waals surface area contributed by atoms with Gasteiger partial charge in [-0.1, -0.05) is 43.7 Å². The van der Waals surface area contributed by atoms with Crippen molar-refractivity contribution in [2.45, 2.75) is 52.0 Å². The third kappa shape index (κ3) is 5.97. The van der Waals surface area contributed by atoms with Crippen molar-refractivity contribution < 1.29 is 4.79 Å². The van der Waals surface area contributed by atoms with Crippen LogP contribution < -0.4 is 5.73 Å². The maximum atomic E-state index is 12.0. The van der Waals surface area contributed by atoms with Crippen molar-refractivity contribution in [1.29, 1.82) is 0 Å². The lowest BCUT2D eigenvalue weighted by molar-refractivity contribution is -0.122. The Hall–Kier alpha value is -1.15. The van der Waals surface area contributed by atoms with Crippen LogP contribution in [-0.4, -0.2) is 11.8 Å². The van der Waals surface area contributed by atoms with Crippen LogP contribution in [0.15, 0.2) is 30.3 Å². The van der Waals surface area contributed by atoms with E-state index in [-0.39, 0.29) is 12.0 Å². The molecule has 18 heavy (non-hydrogen) atoms. The predicted molar refractivity (Wildman–Crippen MR) is 76.4 cm³/mol. The van der Waals surface area contributed by atoms with E-state index < -0.39 is 0 Å². The van der Waals surface area contributed by atoms with Crippen LogP contribution in [0.2, 0.25) is 0 Å². The topological polar surface area (TPSA) is 43.1 Å². The third-order valence-electron chi connectivity index (χ3n) is 3.35. The minimum atomic E-state index is 0.174. The Morgan fingerprint density at radius 1 is 1.17 bits per heavy atom. The van der Waals surface area contributed by atoms with E-state index in [2.05, 4.69) is 12.1 Å². The van der Waals surface area contributed by atoms with Gasteiger partial charge in [0.2, 0.25) is 0 Å². The van der Waals surface area contributed by atoms with Crippen molar-refractivity contribution in [1.82, 2.24) is 0 Å². The molecule has 2 N–H and O–H groups in total. The van der Waals surface area contributed by atoms with Gasteiger partial charge in [-0.05, 0) is 31.7 Å². The molecule has 2 atom stereocenters. The van der Waals surface area contributed by atoms with E-state index in [4.69, 9.17) is 5.73 Å². The van der Waals surface area contributed by atoms with Crippen molar-refractivity contribution in [2.24, 2.45) is 11.7 Å². The number of nitrogens with two attached hydrogens (primary N) is 1. The second-order valence-electron chi connectivity index (χ2n) is 5.26. The summed E-state index contributed by atoms with van der Waals surface area (Å²) in [5, 5.41) is 0. The SMILES string of the molecule is CC(N)CCCC(C)C(=O)CCc1ccccc1. The van der Waals surface area contributed by atoms with Crippen LogP contribution in [-0.2, 0) is 11.2 Å². The molecule has 0 bridgehead atoms. The lowest BCUT2D eigenvalue weighted by atomic mass is 9.94. The number of carbonyl (C=O) groups is 1. The fourth-order valence-corrected chi connectivity index (χ4v) is 2.07. The van der Waals surface area contributed by atoms with E-state index in [9.17, 15) is 4.79 Å². The molecule has 0 spiro atoms. The number of aryl methyl sites for hydroxylation is 1. The molecule has 1 aromatic carbocycles. The van der Waals surface area contributed by atoms with Gasteiger partial charge in [-0.25, -0.2) is 0 Å². The van der Waals surface area contributed by atoms with Crippen LogP contribution in [0.4, 0.5) is 0 Å². The molecule has 2 heteroatoms. The molecule has 0 aliphatic heterocycles. The fourth-order valence-electron chi connectivity index (χ4n) is 2.07. The molecule has 0 fully saturated rings. The molecule has 0 radical (unpaired) electrons. The van der Waals surface area contributed by atoms with Crippen molar-refractivity contribution in [3.8, 4) is 0 Å². The highest BCUT2D eigenvalue weighted by Crippen LogP contribution is 2.13. The minimum Gasteiger partial charge on any atom is -0.328 e. The molecular formula is C16H25NO. The summed E-state index contributed by atoms with van der Waals surface area (Å²) in [5.41, 5.74) is 6.95. The van der Waals surface area contributed by atoms with Crippen LogP contribution in [0.25, 0.3) is 0 Å². The molecule has 0 heterocycles. The summed E-state index contributed by atoms with van der Waals surface area (Å²) < 4.78 is 0. The number of benzene rings is 1. The van der Waals surface area contributed by atoms with Gasteiger partial charge in [-0.15, -0.1) is 0 Å². The van der Waals surface area contributed by atoms with E-state index in [1.54, 1.807) is 0 Å². The van der Waals surface area contributed by atoms with Gasteiger partial charge in [-0.2, -0.15) is 0 Å². The average Bonchev–Trinajstić information content (AvgIpc) is 2.36. The zero-order valence-electron chi connectivity index (χ0n) is 11.6. The second-order valence-corrected chi connectivity index (χ2v) is 5.26. The molecule has 100 valence electrons. The molecule has 0 saturated carbocycles. The summed E-state index contributed by atoms with van der Waals surface area (Å²) in [6, 6.07) is 10.4. The molecule has 2 unspecified atom stereocenters. The monoisotopic (exact) mass is 247 g/mol. The number of hydrogen-bond donors (Lipinski definition) is 1. The number of rotatable bonds is 8. The lowest BCUT2D eigenvalue weighted by Crippen LogP contribution is -2.16. The zero-order chi connectivity index (χ0) is 13.4. The summed E-state index contributed by atoms with van der Waals surface area (Å²) in [6.07, 6.45) is 4.54. The van der Waals surface area contributed by atoms with E-state index in [1.807, 2.05) is 32.0 Å². The molecular weight excluding hydrogens is 222 g/mol. The Morgan fingerprint density at radius 3 is 2.44 bits per heavy atom.